The molecule has 2 saturated heterocycles. The van der Waals surface area contributed by atoms with Crippen LogP contribution in [-0.4, -0.2) is 36.4 Å². The quantitative estimate of drug-likeness (QED) is 0.565. The van der Waals surface area contributed by atoms with Crippen molar-refractivity contribution < 1.29 is 23.8 Å². The first kappa shape index (κ1) is 19.4. The fourth-order valence-electron chi connectivity index (χ4n) is 6.43. The summed E-state index contributed by atoms with van der Waals surface area (Å²) >= 11 is 0. The predicted octanol–water partition coefficient (Wildman–Crippen LogP) is 3.66. The molecular formula is C21H32O5. The Morgan fingerprint density at radius 3 is 2.58 bits per heavy atom. The highest BCUT2D eigenvalue weighted by atomic mass is 16.6. The molecule has 0 radical (unpaired) electrons. The van der Waals surface area contributed by atoms with Crippen LogP contribution in [0.2, 0.25) is 0 Å². The third-order valence-electron chi connectivity index (χ3n) is 7.36. The van der Waals surface area contributed by atoms with E-state index in [1.165, 1.54) is 7.11 Å². The Bertz CT molecular complexity index is 640. The van der Waals surface area contributed by atoms with Gasteiger partial charge in [0.15, 0.2) is 0 Å². The van der Waals surface area contributed by atoms with Gasteiger partial charge in [-0.3, -0.25) is 9.59 Å². The Kier molecular flexibility index (Phi) is 4.34. The van der Waals surface area contributed by atoms with Gasteiger partial charge in [-0.25, -0.2) is 0 Å². The van der Waals surface area contributed by atoms with Gasteiger partial charge in [0, 0.05) is 12.3 Å². The lowest BCUT2D eigenvalue weighted by Crippen LogP contribution is -2.69. The average Bonchev–Trinajstić information content (AvgIpc) is 2.51. The van der Waals surface area contributed by atoms with Gasteiger partial charge in [0.05, 0.1) is 30.1 Å². The van der Waals surface area contributed by atoms with Crippen LogP contribution in [-0.2, 0) is 23.8 Å². The fraction of sp³-hybridized carbons (Fsp3) is 0.810. The second kappa shape index (κ2) is 5.82. The standard InChI is InChI=1S/C21H32O5/c1-8-19(4)11-13-16-20(5,12-15(22)25-13)14(9-10-21(16,6)26-19)18(2,3)17(23)24-7/h8,13-14,16H,1,9-12H2,2-7H3. The second-order valence-corrected chi connectivity index (χ2v) is 9.63. The van der Waals surface area contributed by atoms with Crippen molar-refractivity contribution in [1.29, 1.82) is 0 Å². The van der Waals surface area contributed by atoms with E-state index < -0.39 is 16.6 Å². The van der Waals surface area contributed by atoms with Crippen molar-refractivity contribution in [1.82, 2.24) is 0 Å². The van der Waals surface area contributed by atoms with Crippen LogP contribution in [0, 0.1) is 22.7 Å². The number of rotatable bonds is 3. The van der Waals surface area contributed by atoms with Crippen LogP contribution in [0.4, 0.5) is 0 Å². The Balaban J connectivity index is 2.08. The summed E-state index contributed by atoms with van der Waals surface area (Å²) in [5.41, 5.74) is -1.98. The first-order valence-electron chi connectivity index (χ1n) is 9.53. The molecule has 2 heterocycles. The lowest BCUT2D eigenvalue weighted by Gasteiger charge is -2.65. The highest BCUT2D eigenvalue weighted by Gasteiger charge is 2.67. The van der Waals surface area contributed by atoms with E-state index >= 15 is 0 Å². The van der Waals surface area contributed by atoms with Gasteiger partial charge in [0.1, 0.15) is 6.10 Å². The third kappa shape index (κ3) is 2.62. The van der Waals surface area contributed by atoms with E-state index in [1.54, 1.807) is 0 Å². The summed E-state index contributed by atoms with van der Waals surface area (Å²) in [6.45, 7) is 14.1. The van der Waals surface area contributed by atoms with Crippen LogP contribution < -0.4 is 0 Å². The Labute approximate surface area is 156 Å². The first-order chi connectivity index (χ1) is 11.9. The largest absolute Gasteiger partial charge is 0.469 e. The zero-order valence-electron chi connectivity index (χ0n) is 16.9. The molecule has 5 nitrogen and oxygen atoms in total. The van der Waals surface area contributed by atoms with E-state index in [2.05, 4.69) is 20.4 Å². The van der Waals surface area contributed by atoms with Crippen molar-refractivity contribution in [3.8, 4) is 0 Å². The minimum absolute atomic E-state index is 0.0209. The summed E-state index contributed by atoms with van der Waals surface area (Å²) in [6.07, 6.45) is 4.12. The molecule has 146 valence electrons. The molecule has 3 fully saturated rings. The maximum Gasteiger partial charge on any atom is 0.311 e. The molecule has 26 heavy (non-hydrogen) atoms. The van der Waals surface area contributed by atoms with Gasteiger partial charge < -0.3 is 14.2 Å². The summed E-state index contributed by atoms with van der Waals surface area (Å²) in [5.74, 6) is -0.344. The molecule has 3 rings (SSSR count). The molecule has 0 bridgehead atoms. The molecular weight excluding hydrogens is 332 g/mol. The molecule has 0 amide bonds. The number of esters is 2. The summed E-state index contributed by atoms with van der Waals surface area (Å²) in [4.78, 5) is 25.1. The Morgan fingerprint density at radius 1 is 1.35 bits per heavy atom. The summed E-state index contributed by atoms with van der Waals surface area (Å²) in [7, 11) is 1.43. The molecule has 1 saturated carbocycles. The zero-order valence-corrected chi connectivity index (χ0v) is 16.9. The normalized spacial score (nSPS) is 45.3. The SMILES string of the molecule is C=CC1(C)CC2OC(=O)CC3(C)C2C(C)(CCC3C(C)(C)C(=O)OC)O1. The molecule has 1 aliphatic carbocycles. The summed E-state index contributed by atoms with van der Waals surface area (Å²) in [6, 6.07) is 0. The van der Waals surface area contributed by atoms with Crippen LogP contribution in [0.25, 0.3) is 0 Å². The Hall–Kier alpha value is -1.36. The summed E-state index contributed by atoms with van der Waals surface area (Å²) in [5, 5.41) is 0. The Morgan fingerprint density at radius 2 is 2.00 bits per heavy atom. The van der Waals surface area contributed by atoms with E-state index in [0.717, 1.165) is 12.8 Å². The van der Waals surface area contributed by atoms with Crippen molar-refractivity contribution in [3.63, 3.8) is 0 Å². The van der Waals surface area contributed by atoms with Gasteiger partial charge in [-0.2, -0.15) is 0 Å². The van der Waals surface area contributed by atoms with Gasteiger partial charge >= 0.3 is 11.9 Å². The number of carbonyl (C=O) groups excluding carboxylic acids is 2. The van der Waals surface area contributed by atoms with Crippen molar-refractivity contribution in [2.75, 3.05) is 7.11 Å². The van der Waals surface area contributed by atoms with Crippen LogP contribution >= 0.6 is 0 Å². The number of methoxy groups -OCH3 is 1. The maximum absolute atomic E-state index is 12.5. The van der Waals surface area contributed by atoms with E-state index in [1.807, 2.05) is 26.8 Å². The van der Waals surface area contributed by atoms with E-state index in [-0.39, 0.29) is 35.3 Å². The van der Waals surface area contributed by atoms with Crippen LogP contribution in [0.3, 0.4) is 0 Å². The fourth-order valence-corrected chi connectivity index (χ4v) is 6.43. The van der Waals surface area contributed by atoms with E-state index in [9.17, 15) is 9.59 Å². The van der Waals surface area contributed by atoms with Crippen LogP contribution in [0.15, 0.2) is 12.7 Å². The predicted molar refractivity (Wildman–Crippen MR) is 97.3 cm³/mol. The van der Waals surface area contributed by atoms with Crippen molar-refractivity contribution in [2.24, 2.45) is 22.7 Å². The molecule has 0 aromatic rings. The molecule has 0 spiro atoms. The molecule has 3 aliphatic rings. The lowest BCUT2D eigenvalue weighted by atomic mass is 9.46. The van der Waals surface area contributed by atoms with Gasteiger partial charge in [-0.05, 0) is 51.9 Å². The second-order valence-electron chi connectivity index (χ2n) is 9.63. The molecule has 5 heteroatoms. The minimum atomic E-state index is -0.674. The maximum atomic E-state index is 12.5. The van der Waals surface area contributed by atoms with Crippen molar-refractivity contribution in [3.05, 3.63) is 12.7 Å². The van der Waals surface area contributed by atoms with E-state index in [0.29, 0.717) is 12.8 Å². The number of ether oxygens (including phenoxy) is 3. The molecule has 2 aliphatic heterocycles. The molecule has 0 N–H and O–H groups in total. The number of carbonyl (C=O) groups is 2. The molecule has 6 atom stereocenters. The third-order valence-corrected chi connectivity index (χ3v) is 7.36. The van der Waals surface area contributed by atoms with Gasteiger partial charge in [-0.1, -0.05) is 13.0 Å². The van der Waals surface area contributed by atoms with Gasteiger partial charge in [-0.15, -0.1) is 6.58 Å². The monoisotopic (exact) mass is 364 g/mol. The molecule has 6 unspecified atom stereocenters. The zero-order chi connectivity index (χ0) is 19.5. The average molecular weight is 364 g/mol. The minimum Gasteiger partial charge on any atom is -0.469 e. The molecule has 0 aromatic heterocycles. The van der Waals surface area contributed by atoms with Crippen LogP contribution in [0.1, 0.15) is 60.3 Å². The summed E-state index contributed by atoms with van der Waals surface area (Å²) < 4.78 is 17.5. The lowest BCUT2D eigenvalue weighted by molar-refractivity contribution is -0.295. The number of hydrogen-bond acceptors (Lipinski definition) is 5. The van der Waals surface area contributed by atoms with Crippen molar-refractivity contribution >= 4 is 11.9 Å². The van der Waals surface area contributed by atoms with E-state index in [4.69, 9.17) is 14.2 Å². The van der Waals surface area contributed by atoms with Crippen LogP contribution in [0.5, 0.6) is 0 Å². The highest BCUT2D eigenvalue weighted by Crippen LogP contribution is 2.64. The van der Waals surface area contributed by atoms with Gasteiger partial charge in [0.25, 0.3) is 0 Å². The highest BCUT2D eigenvalue weighted by molar-refractivity contribution is 5.77. The number of hydrogen-bond donors (Lipinski definition) is 0. The smallest absolute Gasteiger partial charge is 0.311 e. The topological polar surface area (TPSA) is 61.8 Å². The molecule has 0 aromatic carbocycles. The van der Waals surface area contributed by atoms with Gasteiger partial charge in [0.2, 0.25) is 0 Å². The van der Waals surface area contributed by atoms with Crippen molar-refractivity contribution in [2.45, 2.75) is 77.6 Å². The first-order valence-corrected chi connectivity index (χ1v) is 9.53.